The topological polar surface area (TPSA) is 40.6 Å². The normalized spacial score (nSPS) is 20.1. The Morgan fingerprint density at radius 2 is 2.06 bits per heavy atom. The Bertz CT molecular complexity index is 798. The van der Waals surface area contributed by atoms with Gasteiger partial charge in [0.05, 0.1) is 12.3 Å². The first kappa shape index (κ1) is 29.9. The number of hydrogen-bond acceptors (Lipinski definition) is 4. The summed E-state index contributed by atoms with van der Waals surface area (Å²) >= 11 is 0. The van der Waals surface area contributed by atoms with E-state index in [0.717, 1.165) is 45.3 Å². The van der Waals surface area contributed by atoms with Crippen molar-refractivity contribution in [3.63, 3.8) is 0 Å². The Morgan fingerprint density at radius 1 is 1.29 bits per heavy atom. The molecule has 3 atom stereocenters. The van der Waals surface area contributed by atoms with Gasteiger partial charge in [-0.15, -0.1) is 0 Å². The summed E-state index contributed by atoms with van der Waals surface area (Å²) in [6, 6.07) is 5.52. The van der Waals surface area contributed by atoms with Crippen LogP contribution in [0.25, 0.3) is 6.08 Å². The lowest BCUT2D eigenvalue weighted by molar-refractivity contribution is -0.168. The zero-order valence-electron chi connectivity index (χ0n) is 23.1. The minimum atomic E-state index is -2.14. The van der Waals surface area contributed by atoms with E-state index in [4.69, 9.17) is 13.9 Å². The monoisotopic (exact) mass is 505 g/mol. The average Bonchev–Trinajstić information content (AvgIpc) is 2.81. The van der Waals surface area contributed by atoms with Crippen LogP contribution in [0.3, 0.4) is 0 Å². The van der Waals surface area contributed by atoms with E-state index in [9.17, 15) is 0 Å². The van der Waals surface area contributed by atoms with Crippen LogP contribution in [0.1, 0.15) is 85.3 Å². The molecule has 0 spiro atoms. The lowest BCUT2D eigenvalue weighted by Crippen LogP contribution is -2.44. The quantitative estimate of drug-likeness (QED) is 0.199. The summed E-state index contributed by atoms with van der Waals surface area (Å²) < 4.78 is 33.5. The predicted molar refractivity (Wildman–Crippen MR) is 146 cm³/mol. The minimum Gasteiger partial charge on any atom is -0.407 e. The van der Waals surface area contributed by atoms with E-state index in [1.807, 2.05) is 18.2 Å². The largest absolute Gasteiger partial charge is 0.407 e. The second-order valence-corrected chi connectivity index (χ2v) is 16.3. The van der Waals surface area contributed by atoms with Gasteiger partial charge in [-0.2, -0.15) is 0 Å². The maximum Gasteiger partial charge on any atom is 0.193 e. The summed E-state index contributed by atoms with van der Waals surface area (Å²) in [5.41, 5.74) is 1.90. The number of aromatic nitrogens is 1. The SMILES string of the molecule is CC(=CCC(O[Si](C)(C)C(C)(C)C)C(F)=Cc1ccccn1)CCC[C@H](C)COC1CCCCO1. The van der Waals surface area contributed by atoms with Crippen molar-refractivity contribution in [2.24, 2.45) is 5.92 Å². The summed E-state index contributed by atoms with van der Waals surface area (Å²) in [5.74, 6) is 0.245. The van der Waals surface area contributed by atoms with Crippen molar-refractivity contribution in [1.82, 2.24) is 4.98 Å². The predicted octanol–water partition coefficient (Wildman–Crippen LogP) is 8.47. The van der Waals surface area contributed by atoms with Crippen molar-refractivity contribution >= 4 is 14.4 Å². The van der Waals surface area contributed by atoms with Gasteiger partial charge >= 0.3 is 0 Å². The molecular weight excluding hydrogens is 457 g/mol. The number of nitrogens with zero attached hydrogens (tertiary/aromatic N) is 1. The molecule has 2 rings (SSSR count). The smallest absolute Gasteiger partial charge is 0.193 e. The van der Waals surface area contributed by atoms with Crippen molar-refractivity contribution < 1.29 is 18.3 Å². The molecule has 1 aliphatic heterocycles. The fourth-order valence-electron chi connectivity index (χ4n) is 3.78. The van der Waals surface area contributed by atoms with E-state index in [0.29, 0.717) is 18.0 Å². The Morgan fingerprint density at radius 3 is 2.69 bits per heavy atom. The van der Waals surface area contributed by atoms with Crippen LogP contribution in [0.2, 0.25) is 18.1 Å². The molecule has 1 fully saturated rings. The van der Waals surface area contributed by atoms with Gasteiger partial charge in [-0.25, -0.2) is 4.39 Å². The Hall–Kier alpha value is -1.34. The van der Waals surface area contributed by atoms with Crippen LogP contribution >= 0.6 is 0 Å². The second kappa shape index (κ2) is 14.4. The van der Waals surface area contributed by atoms with Crippen LogP contribution < -0.4 is 0 Å². The van der Waals surface area contributed by atoms with Crippen LogP contribution in [-0.2, 0) is 13.9 Å². The average molecular weight is 506 g/mol. The van der Waals surface area contributed by atoms with Crippen molar-refractivity contribution in [2.45, 2.75) is 110 Å². The molecule has 0 aliphatic carbocycles. The third-order valence-electron chi connectivity index (χ3n) is 7.18. The molecule has 0 saturated carbocycles. The molecule has 0 N–H and O–H groups in total. The van der Waals surface area contributed by atoms with E-state index < -0.39 is 14.4 Å². The molecule has 1 aromatic rings. The summed E-state index contributed by atoms with van der Waals surface area (Å²) in [7, 11) is -2.14. The van der Waals surface area contributed by atoms with Crippen molar-refractivity contribution in [2.75, 3.05) is 13.2 Å². The van der Waals surface area contributed by atoms with Gasteiger partial charge in [0.2, 0.25) is 0 Å². The highest BCUT2D eigenvalue weighted by Gasteiger charge is 2.39. The Kier molecular flexibility index (Phi) is 12.3. The summed E-state index contributed by atoms with van der Waals surface area (Å²) in [4.78, 5) is 4.25. The van der Waals surface area contributed by atoms with Crippen LogP contribution in [0.4, 0.5) is 4.39 Å². The molecule has 0 aromatic carbocycles. The van der Waals surface area contributed by atoms with Crippen molar-refractivity contribution in [3.05, 3.63) is 47.6 Å². The van der Waals surface area contributed by atoms with Gasteiger partial charge in [-0.1, -0.05) is 45.4 Å². The van der Waals surface area contributed by atoms with Gasteiger partial charge in [0.15, 0.2) is 14.6 Å². The first-order chi connectivity index (χ1) is 16.5. The molecule has 2 unspecified atom stereocenters. The number of pyridine rings is 1. The molecular formula is C29H48FNO3Si. The fourth-order valence-corrected chi connectivity index (χ4v) is 5.06. The van der Waals surface area contributed by atoms with Crippen LogP contribution in [-0.4, -0.2) is 38.9 Å². The molecule has 2 heterocycles. The number of halogens is 1. The maximum absolute atomic E-state index is 15.4. The molecule has 35 heavy (non-hydrogen) atoms. The van der Waals surface area contributed by atoms with E-state index in [-0.39, 0.29) is 17.2 Å². The summed E-state index contributed by atoms with van der Waals surface area (Å²) in [6.45, 7) is 16.8. The van der Waals surface area contributed by atoms with E-state index >= 15 is 4.39 Å². The number of ether oxygens (including phenoxy) is 2. The Balaban J connectivity index is 1.91. The zero-order valence-corrected chi connectivity index (χ0v) is 24.1. The van der Waals surface area contributed by atoms with Crippen molar-refractivity contribution in [3.8, 4) is 0 Å². The summed E-state index contributed by atoms with van der Waals surface area (Å²) in [5, 5.41) is 0.0101. The molecule has 0 radical (unpaired) electrons. The summed E-state index contributed by atoms with van der Waals surface area (Å²) in [6.07, 6.45) is 11.8. The lowest BCUT2D eigenvalue weighted by atomic mass is 10.0. The molecule has 1 aliphatic rings. The van der Waals surface area contributed by atoms with Crippen LogP contribution in [0.15, 0.2) is 41.9 Å². The molecule has 4 nitrogen and oxygen atoms in total. The standard InChI is InChI=1S/C29H48FNO3Si/c1-23(13-12-14-24(2)22-33-28-16-9-11-20-32-28)17-18-27(34-35(6,7)29(3,4)5)26(30)21-25-15-8-10-19-31-25/h8,10,15,17,19,21,24,27-28H,9,11-14,16,18,20,22H2,1-7H3/t24-,27?,28?/m0/s1. The zero-order chi connectivity index (χ0) is 25.9. The van der Waals surface area contributed by atoms with Gasteiger partial charge in [0.1, 0.15) is 11.9 Å². The third kappa shape index (κ3) is 11.1. The van der Waals surface area contributed by atoms with Gasteiger partial charge < -0.3 is 13.9 Å². The second-order valence-electron chi connectivity index (χ2n) is 11.6. The minimum absolute atomic E-state index is 0.0101. The molecule has 198 valence electrons. The van der Waals surface area contributed by atoms with Gasteiger partial charge in [0.25, 0.3) is 0 Å². The first-order valence-corrected chi connectivity index (χ1v) is 16.2. The number of allylic oxidation sites excluding steroid dienone is 1. The lowest BCUT2D eigenvalue weighted by Gasteiger charge is -2.38. The van der Waals surface area contributed by atoms with E-state index in [1.165, 1.54) is 18.1 Å². The van der Waals surface area contributed by atoms with E-state index in [2.05, 4.69) is 58.8 Å². The van der Waals surface area contributed by atoms with Gasteiger partial charge in [-0.05, 0) is 94.1 Å². The molecule has 6 heteroatoms. The Labute approximate surface area is 214 Å². The molecule has 1 saturated heterocycles. The number of hydrogen-bond donors (Lipinski definition) is 0. The van der Waals surface area contributed by atoms with Gasteiger partial charge in [0, 0.05) is 12.8 Å². The molecule has 1 aromatic heterocycles. The highest BCUT2D eigenvalue weighted by molar-refractivity contribution is 6.74. The van der Waals surface area contributed by atoms with Gasteiger partial charge in [-0.3, -0.25) is 4.98 Å². The van der Waals surface area contributed by atoms with E-state index in [1.54, 1.807) is 6.20 Å². The highest BCUT2D eigenvalue weighted by atomic mass is 28.4. The van der Waals surface area contributed by atoms with Crippen LogP contribution in [0.5, 0.6) is 0 Å². The molecule has 0 bridgehead atoms. The van der Waals surface area contributed by atoms with Crippen molar-refractivity contribution in [1.29, 1.82) is 0 Å². The third-order valence-corrected chi connectivity index (χ3v) is 11.7. The number of rotatable bonds is 13. The fraction of sp³-hybridized carbons (Fsp3) is 0.690. The maximum atomic E-state index is 15.4. The highest BCUT2D eigenvalue weighted by Crippen LogP contribution is 2.39. The van der Waals surface area contributed by atoms with Crippen LogP contribution in [0, 0.1) is 5.92 Å². The first-order valence-electron chi connectivity index (χ1n) is 13.3. The molecule has 0 amide bonds.